The van der Waals surface area contributed by atoms with Gasteiger partial charge in [0.25, 0.3) is 0 Å². The quantitative estimate of drug-likeness (QED) is 0.790. The van der Waals surface area contributed by atoms with Crippen molar-refractivity contribution in [2.75, 3.05) is 32.7 Å². The number of hydrogen-bond donors (Lipinski definition) is 1. The van der Waals surface area contributed by atoms with Crippen LogP contribution in [-0.2, 0) is 9.53 Å². The highest BCUT2D eigenvalue weighted by Gasteiger charge is 2.42. The van der Waals surface area contributed by atoms with E-state index in [4.69, 9.17) is 4.74 Å². The summed E-state index contributed by atoms with van der Waals surface area (Å²) in [6.45, 7) is 8.94. The molecule has 2 saturated heterocycles. The number of ether oxygens (including phenoxy) is 1. The van der Waals surface area contributed by atoms with Gasteiger partial charge in [-0.15, -0.1) is 0 Å². The van der Waals surface area contributed by atoms with Crippen LogP contribution in [0.25, 0.3) is 0 Å². The molecule has 0 aromatic rings. The molecule has 0 aromatic carbocycles. The minimum atomic E-state index is -0.673. The minimum Gasteiger partial charge on any atom is -0.444 e. The molecule has 1 saturated carbocycles. The van der Waals surface area contributed by atoms with Crippen molar-refractivity contribution in [1.29, 1.82) is 0 Å². The van der Waals surface area contributed by atoms with Gasteiger partial charge in [0.15, 0.2) is 0 Å². The Hall–Kier alpha value is -1.34. The lowest BCUT2D eigenvalue weighted by Crippen LogP contribution is -2.50. The second-order valence-electron chi connectivity index (χ2n) is 9.19. The lowest BCUT2D eigenvalue weighted by Gasteiger charge is -2.31. The SMILES string of the molecule is CC(C)(C)OC(=O)N1C[C@H](O)C[C@@H]1C(=O)N1CCCN(C2CCCC2)CC1. The molecule has 3 aliphatic rings. The Morgan fingerprint density at radius 2 is 1.70 bits per heavy atom. The van der Waals surface area contributed by atoms with Crippen LogP contribution in [0.4, 0.5) is 4.79 Å². The summed E-state index contributed by atoms with van der Waals surface area (Å²) in [7, 11) is 0. The zero-order chi connectivity index (χ0) is 19.6. The Bertz CT molecular complexity index is 542. The van der Waals surface area contributed by atoms with Gasteiger partial charge in [0.05, 0.1) is 12.6 Å². The van der Waals surface area contributed by atoms with Crippen molar-refractivity contribution in [1.82, 2.24) is 14.7 Å². The molecular formula is C20H35N3O4. The normalized spacial score (nSPS) is 28.4. The van der Waals surface area contributed by atoms with Gasteiger partial charge in [0.1, 0.15) is 11.6 Å². The fourth-order valence-electron chi connectivity index (χ4n) is 4.57. The van der Waals surface area contributed by atoms with E-state index in [0.29, 0.717) is 19.0 Å². The van der Waals surface area contributed by atoms with Gasteiger partial charge in [0.2, 0.25) is 5.91 Å². The molecule has 0 unspecified atom stereocenters. The second-order valence-corrected chi connectivity index (χ2v) is 9.19. The van der Waals surface area contributed by atoms with E-state index in [9.17, 15) is 14.7 Å². The molecule has 3 rings (SSSR count). The second kappa shape index (κ2) is 8.35. The number of likely N-dealkylation sites (tertiary alicyclic amines) is 1. The van der Waals surface area contributed by atoms with Crippen LogP contribution in [-0.4, -0.2) is 88.3 Å². The molecule has 0 aromatic heterocycles. The molecule has 2 amide bonds. The topological polar surface area (TPSA) is 73.3 Å². The number of rotatable bonds is 2. The Balaban J connectivity index is 1.61. The van der Waals surface area contributed by atoms with Crippen LogP contribution in [0.15, 0.2) is 0 Å². The Kier molecular flexibility index (Phi) is 6.31. The average Bonchev–Trinajstić information content (AvgIpc) is 3.17. The van der Waals surface area contributed by atoms with Gasteiger partial charge >= 0.3 is 6.09 Å². The number of β-amino-alcohol motifs (C(OH)–C–C–N with tert-alkyl or cyclic N) is 1. The minimum absolute atomic E-state index is 0.0503. The fourth-order valence-corrected chi connectivity index (χ4v) is 4.57. The molecule has 1 N–H and O–H groups in total. The number of amides is 2. The smallest absolute Gasteiger partial charge is 0.411 e. The first-order valence-corrected chi connectivity index (χ1v) is 10.4. The number of aliphatic hydroxyl groups excluding tert-OH is 1. The van der Waals surface area contributed by atoms with Crippen molar-refractivity contribution in [3.8, 4) is 0 Å². The van der Waals surface area contributed by atoms with E-state index in [2.05, 4.69) is 4.90 Å². The molecule has 27 heavy (non-hydrogen) atoms. The van der Waals surface area contributed by atoms with Gasteiger partial charge in [-0.1, -0.05) is 12.8 Å². The summed E-state index contributed by atoms with van der Waals surface area (Å²) < 4.78 is 5.44. The van der Waals surface area contributed by atoms with Gasteiger partial charge in [-0.05, 0) is 40.0 Å². The summed E-state index contributed by atoms with van der Waals surface area (Å²) in [5.74, 6) is -0.0503. The number of aliphatic hydroxyl groups is 1. The van der Waals surface area contributed by atoms with Crippen LogP contribution >= 0.6 is 0 Å². The maximum absolute atomic E-state index is 13.2. The molecule has 0 radical (unpaired) electrons. The monoisotopic (exact) mass is 381 g/mol. The summed E-state index contributed by atoms with van der Waals surface area (Å²) in [4.78, 5) is 31.5. The zero-order valence-electron chi connectivity index (χ0n) is 17.0. The molecule has 154 valence electrons. The Morgan fingerprint density at radius 3 is 2.37 bits per heavy atom. The summed E-state index contributed by atoms with van der Waals surface area (Å²) in [6, 6.07) is 0.0551. The molecule has 3 fully saturated rings. The molecule has 7 heteroatoms. The molecular weight excluding hydrogens is 346 g/mol. The van der Waals surface area contributed by atoms with E-state index in [1.165, 1.54) is 30.6 Å². The molecule has 1 aliphatic carbocycles. The van der Waals surface area contributed by atoms with Gasteiger partial charge in [-0.25, -0.2) is 4.79 Å². The highest BCUT2D eigenvalue weighted by atomic mass is 16.6. The van der Waals surface area contributed by atoms with E-state index in [-0.39, 0.29) is 12.5 Å². The van der Waals surface area contributed by atoms with Crippen LogP contribution in [0.5, 0.6) is 0 Å². The van der Waals surface area contributed by atoms with Crippen molar-refractivity contribution in [2.45, 2.75) is 83.1 Å². The van der Waals surface area contributed by atoms with E-state index in [1.54, 1.807) is 20.8 Å². The lowest BCUT2D eigenvalue weighted by molar-refractivity contribution is -0.135. The first-order chi connectivity index (χ1) is 12.7. The number of hydrogen-bond acceptors (Lipinski definition) is 5. The standard InChI is InChI=1S/C20H35N3O4/c1-20(2,3)27-19(26)23-14-16(24)13-17(23)18(25)22-10-6-9-21(11-12-22)15-7-4-5-8-15/h15-17,24H,4-14H2,1-3H3/t16-,17-/m1/s1. The first-order valence-electron chi connectivity index (χ1n) is 10.4. The molecule has 2 atom stereocenters. The van der Waals surface area contributed by atoms with Crippen LogP contribution < -0.4 is 0 Å². The Labute approximate surface area is 162 Å². The summed E-state index contributed by atoms with van der Waals surface area (Å²) in [6.07, 6.45) is 5.24. The number of carbonyl (C=O) groups is 2. The van der Waals surface area contributed by atoms with Crippen LogP contribution in [0, 0.1) is 0 Å². The van der Waals surface area contributed by atoms with Gasteiger partial charge < -0.3 is 14.7 Å². The average molecular weight is 382 g/mol. The fraction of sp³-hybridized carbons (Fsp3) is 0.900. The third-order valence-electron chi connectivity index (χ3n) is 5.88. The van der Waals surface area contributed by atoms with E-state index in [1.807, 2.05) is 4.90 Å². The lowest BCUT2D eigenvalue weighted by atomic mass is 10.1. The van der Waals surface area contributed by atoms with Gasteiger partial charge in [-0.3, -0.25) is 14.6 Å². The van der Waals surface area contributed by atoms with E-state index < -0.39 is 23.8 Å². The maximum Gasteiger partial charge on any atom is 0.411 e. The highest BCUT2D eigenvalue weighted by molar-refractivity contribution is 5.86. The van der Waals surface area contributed by atoms with Crippen LogP contribution in [0.3, 0.4) is 0 Å². The first kappa shape index (κ1) is 20.4. The van der Waals surface area contributed by atoms with Crippen LogP contribution in [0.1, 0.15) is 59.3 Å². The van der Waals surface area contributed by atoms with E-state index in [0.717, 1.165) is 26.1 Å². The zero-order valence-corrected chi connectivity index (χ0v) is 17.0. The van der Waals surface area contributed by atoms with Crippen molar-refractivity contribution in [2.24, 2.45) is 0 Å². The predicted molar refractivity (Wildman–Crippen MR) is 102 cm³/mol. The maximum atomic E-state index is 13.2. The number of nitrogens with zero attached hydrogens (tertiary/aromatic N) is 3. The summed E-state index contributed by atoms with van der Waals surface area (Å²) in [5.41, 5.74) is -0.622. The van der Waals surface area contributed by atoms with Gasteiger partial charge in [-0.2, -0.15) is 0 Å². The van der Waals surface area contributed by atoms with Crippen LogP contribution in [0.2, 0.25) is 0 Å². The van der Waals surface area contributed by atoms with Crippen molar-refractivity contribution in [3.63, 3.8) is 0 Å². The molecule has 2 aliphatic heterocycles. The molecule has 7 nitrogen and oxygen atoms in total. The molecule has 0 bridgehead atoms. The summed E-state index contributed by atoms with van der Waals surface area (Å²) in [5, 5.41) is 10.1. The highest BCUT2D eigenvalue weighted by Crippen LogP contribution is 2.26. The largest absolute Gasteiger partial charge is 0.444 e. The number of carbonyl (C=O) groups excluding carboxylic acids is 2. The van der Waals surface area contributed by atoms with Crippen molar-refractivity contribution >= 4 is 12.0 Å². The molecule has 2 heterocycles. The summed E-state index contributed by atoms with van der Waals surface area (Å²) >= 11 is 0. The third-order valence-corrected chi connectivity index (χ3v) is 5.88. The van der Waals surface area contributed by atoms with E-state index >= 15 is 0 Å². The van der Waals surface area contributed by atoms with Crippen molar-refractivity contribution < 1.29 is 19.4 Å². The van der Waals surface area contributed by atoms with Crippen molar-refractivity contribution in [3.05, 3.63) is 0 Å². The molecule has 0 spiro atoms. The Morgan fingerprint density at radius 1 is 1.00 bits per heavy atom. The van der Waals surface area contributed by atoms with Gasteiger partial charge in [0, 0.05) is 38.6 Å². The third kappa shape index (κ3) is 5.13. The predicted octanol–water partition coefficient (Wildman–Crippen LogP) is 1.83.